The van der Waals surface area contributed by atoms with Gasteiger partial charge >= 0.3 is 23.9 Å². The van der Waals surface area contributed by atoms with Crippen molar-refractivity contribution in [3.63, 3.8) is 0 Å². The zero-order chi connectivity index (χ0) is 29.2. The second kappa shape index (κ2) is 11.1. The molecule has 3 aromatic rings. The SMILES string of the molecule is CCOC(=O)C1(C(=O)OCC)N[C@H](c2ccc([N+](=O)[O-])cc2)c2c1c(OC(C)=O)c1ccccc1c2OC(C)=O. The summed E-state index contributed by atoms with van der Waals surface area (Å²) in [6.45, 7) is 5.25. The molecule has 0 bridgehead atoms. The van der Waals surface area contributed by atoms with Gasteiger partial charge in [0.25, 0.3) is 5.69 Å². The van der Waals surface area contributed by atoms with Crippen LogP contribution < -0.4 is 14.8 Å². The Morgan fingerprint density at radius 3 is 1.82 bits per heavy atom. The van der Waals surface area contributed by atoms with Gasteiger partial charge in [0.2, 0.25) is 5.54 Å². The molecule has 40 heavy (non-hydrogen) atoms. The number of carbonyl (C=O) groups excluding carboxylic acids is 4. The lowest BCUT2D eigenvalue weighted by Crippen LogP contribution is -2.54. The van der Waals surface area contributed by atoms with Crippen molar-refractivity contribution in [1.82, 2.24) is 5.32 Å². The predicted molar refractivity (Wildman–Crippen MR) is 140 cm³/mol. The van der Waals surface area contributed by atoms with Crippen LogP contribution in [0.1, 0.15) is 50.4 Å². The van der Waals surface area contributed by atoms with Gasteiger partial charge in [-0.05, 0) is 19.4 Å². The molecule has 3 aromatic carbocycles. The van der Waals surface area contributed by atoms with Crippen molar-refractivity contribution in [3.05, 3.63) is 75.3 Å². The Hall–Kier alpha value is -4.84. The van der Waals surface area contributed by atoms with Crippen molar-refractivity contribution in [1.29, 1.82) is 0 Å². The fourth-order valence-corrected chi connectivity index (χ4v) is 4.83. The molecule has 1 atom stereocenters. The van der Waals surface area contributed by atoms with E-state index in [0.29, 0.717) is 10.9 Å². The Kier molecular flexibility index (Phi) is 7.82. The van der Waals surface area contributed by atoms with E-state index in [1.165, 1.54) is 31.2 Å². The summed E-state index contributed by atoms with van der Waals surface area (Å²) in [6, 6.07) is 10.8. The van der Waals surface area contributed by atoms with Crippen LogP contribution in [-0.2, 0) is 34.2 Å². The fourth-order valence-electron chi connectivity index (χ4n) is 4.83. The molecule has 0 fully saturated rings. The lowest BCUT2D eigenvalue weighted by Gasteiger charge is -2.28. The highest BCUT2D eigenvalue weighted by molar-refractivity contribution is 6.11. The maximum absolute atomic E-state index is 13.8. The molecule has 1 aliphatic heterocycles. The first-order chi connectivity index (χ1) is 19.1. The van der Waals surface area contributed by atoms with Crippen LogP contribution in [0.3, 0.4) is 0 Å². The average Bonchev–Trinajstić information content (AvgIpc) is 3.28. The Morgan fingerprint density at radius 2 is 1.35 bits per heavy atom. The molecule has 0 amide bonds. The van der Waals surface area contributed by atoms with Crippen LogP contribution in [0.2, 0.25) is 0 Å². The minimum atomic E-state index is -2.36. The molecule has 1 heterocycles. The third-order valence-corrected chi connectivity index (χ3v) is 6.27. The Labute approximate surface area is 228 Å². The van der Waals surface area contributed by atoms with Crippen molar-refractivity contribution in [2.24, 2.45) is 0 Å². The fraction of sp³-hybridized carbons (Fsp3) is 0.286. The highest BCUT2D eigenvalue weighted by Crippen LogP contribution is 2.54. The molecule has 0 radical (unpaired) electrons. The topological polar surface area (TPSA) is 160 Å². The molecule has 1 N–H and O–H groups in total. The van der Waals surface area contributed by atoms with E-state index in [-0.39, 0.29) is 46.9 Å². The highest BCUT2D eigenvalue weighted by atomic mass is 16.6. The summed E-state index contributed by atoms with van der Waals surface area (Å²) in [5, 5.41) is 14.9. The van der Waals surface area contributed by atoms with Gasteiger partial charge in [0.15, 0.2) is 0 Å². The number of hydrogen-bond acceptors (Lipinski definition) is 11. The van der Waals surface area contributed by atoms with Gasteiger partial charge in [-0.15, -0.1) is 0 Å². The Bertz CT molecular complexity index is 1510. The first kappa shape index (κ1) is 28.2. The number of hydrogen-bond donors (Lipinski definition) is 1. The van der Waals surface area contributed by atoms with E-state index in [9.17, 15) is 29.3 Å². The summed E-state index contributed by atoms with van der Waals surface area (Å²) in [7, 11) is 0. The predicted octanol–water partition coefficient (Wildman–Crippen LogP) is 3.61. The van der Waals surface area contributed by atoms with Gasteiger partial charge in [-0.2, -0.15) is 0 Å². The second-order valence-corrected chi connectivity index (χ2v) is 8.80. The number of esters is 4. The summed E-state index contributed by atoms with van der Waals surface area (Å²) in [5.41, 5.74) is -2.18. The zero-order valence-corrected chi connectivity index (χ0v) is 22.1. The van der Waals surface area contributed by atoms with Crippen molar-refractivity contribution >= 4 is 40.3 Å². The minimum Gasteiger partial charge on any atom is -0.464 e. The number of benzene rings is 3. The number of fused-ring (bicyclic) bond motifs is 2. The average molecular weight is 551 g/mol. The lowest BCUT2D eigenvalue weighted by atomic mass is 9.85. The third kappa shape index (κ3) is 4.73. The quantitative estimate of drug-likeness (QED) is 0.143. The van der Waals surface area contributed by atoms with Crippen molar-refractivity contribution < 1.29 is 43.0 Å². The van der Waals surface area contributed by atoms with E-state index >= 15 is 0 Å². The molecule has 4 rings (SSSR count). The molecule has 12 nitrogen and oxygen atoms in total. The number of nitro groups is 1. The number of nitro benzene ring substituents is 1. The van der Waals surface area contributed by atoms with Crippen LogP contribution in [0.25, 0.3) is 10.8 Å². The summed E-state index contributed by atoms with van der Waals surface area (Å²) in [6.07, 6.45) is 0. The van der Waals surface area contributed by atoms with Gasteiger partial charge in [-0.3, -0.25) is 25.0 Å². The van der Waals surface area contributed by atoms with E-state index in [2.05, 4.69) is 5.32 Å². The van der Waals surface area contributed by atoms with Crippen LogP contribution in [0.5, 0.6) is 11.5 Å². The van der Waals surface area contributed by atoms with E-state index in [0.717, 1.165) is 6.92 Å². The molecule has 0 spiro atoms. The van der Waals surface area contributed by atoms with E-state index in [4.69, 9.17) is 18.9 Å². The monoisotopic (exact) mass is 550 g/mol. The van der Waals surface area contributed by atoms with Crippen LogP contribution in [0.15, 0.2) is 48.5 Å². The third-order valence-electron chi connectivity index (χ3n) is 6.27. The first-order valence-corrected chi connectivity index (χ1v) is 12.4. The number of rotatable bonds is 8. The maximum Gasteiger partial charge on any atom is 0.343 e. The van der Waals surface area contributed by atoms with Gasteiger partial charge < -0.3 is 18.9 Å². The first-order valence-electron chi connectivity index (χ1n) is 12.4. The molecule has 208 valence electrons. The zero-order valence-electron chi connectivity index (χ0n) is 22.1. The number of nitrogens with zero attached hydrogens (tertiary/aromatic N) is 1. The van der Waals surface area contributed by atoms with E-state index in [1.54, 1.807) is 38.1 Å². The number of carbonyl (C=O) groups is 4. The van der Waals surface area contributed by atoms with Gasteiger partial charge in [0, 0.05) is 47.9 Å². The molecule has 0 saturated carbocycles. The van der Waals surface area contributed by atoms with Crippen molar-refractivity contribution in [3.8, 4) is 11.5 Å². The highest BCUT2D eigenvalue weighted by Gasteiger charge is 2.61. The summed E-state index contributed by atoms with van der Waals surface area (Å²) in [5.74, 6) is -3.66. The molecule has 0 unspecified atom stereocenters. The van der Waals surface area contributed by atoms with Crippen LogP contribution in [-0.4, -0.2) is 42.0 Å². The van der Waals surface area contributed by atoms with Crippen molar-refractivity contribution in [2.75, 3.05) is 13.2 Å². The second-order valence-electron chi connectivity index (χ2n) is 8.80. The molecular weight excluding hydrogens is 524 g/mol. The van der Waals surface area contributed by atoms with Gasteiger partial charge in [0.1, 0.15) is 11.5 Å². The van der Waals surface area contributed by atoms with Gasteiger partial charge in [-0.1, -0.05) is 36.4 Å². The largest absolute Gasteiger partial charge is 0.464 e. The molecule has 1 aliphatic rings. The summed E-state index contributed by atoms with van der Waals surface area (Å²) in [4.78, 5) is 62.9. The number of ether oxygens (including phenoxy) is 4. The smallest absolute Gasteiger partial charge is 0.343 e. The molecule has 0 aromatic heterocycles. The Morgan fingerprint density at radius 1 is 0.850 bits per heavy atom. The minimum absolute atomic E-state index is 0.000303. The maximum atomic E-state index is 13.8. The van der Waals surface area contributed by atoms with Crippen LogP contribution >= 0.6 is 0 Å². The standard InChI is InChI=1S/C28H26N2O10/c1-5-37-26(33)28(27(34)38-6-2)22-21(23(29-28)17-11-13-18(14-12-17)30(35)36)24(39-15(3)31)19-9-7-8-10-20(19)25(22)40-16(4)32/h7-14,23,29H,5-6H2,1-4H3/t23-/m1/s1. The van der Waals surface area contributed by atoms with Gasteiger partial charge in [-0.25, -0.2) is 9.59 Å². The molecular formula is C28H26N2O10. The summed E-state index contributed by atoms with van der Waals surface area (Å²) >= 11 is 0. The van der Waals surface area contributed by atoms with Gasteiger partial charge in [0.05, 0.1) is 24.2 Å². The van der Waals surface area contributed by atoms with E-state index in [1.807, 2.05) is 0 Å². The number of non-ortho nitro benzene ring substituents is 1. The molecule has 12 heteroatoms. The van der Waals surface area contributed by atoms with Crippen molar-refractivity contribution in [2.45, 2.75) is 39.3 Å². The van der Waals surface area contributed by atoms with Crippen LogP contribution in [0.4, 0.5) is 5.69 Å². The number of nitrogens with one attached hydrogen (secondary N) is 1. The molecule has 0 saturated heterocycles. The normalized spacial score (nSPS) is 15.2. The van der Waals surface area contributed by atoms with Crippen LogP contribution in [0, 0.1) is 10.1 Å². The molecule has 0 aliphatic carbocycles. The summed E-state index contributed by atoms with van der Waals surface area (Å²) < 4.78 is 22.0. The lowest BCUT2D eigenvalue weighted by molar-refractivity contribution is -0.384. The Balaban J connectivity index is 2.21. The van der Waals surface area contributed by atoms with E-state index < -0.39 is 40.4 Å².